The van der Waals surface area contributed by atoms with Gasteiger partial charge in [-0.05, 0) is 70.4 Å². The molecular weight excluding hydrogens is 399 g/mol. The summed E-state index contributed by atoms with van der Waals surface area (Å²) in [5.74, 6) is 1.00. The molecule has 0 aliphatic carbocycles. The van der Waals surface area contributed by atoms with Crippen LogP contribution in [0.4, 0.5) is 4.39 Å². The Balaban J connectivity index is 1.63. The number of nitrogens with zero attached hydrogens (tertiary/aromatic N) is 4. The quantitative estimate of drug-likeness (QED) is 0.476. The average Bonchev–Trinajstić information content (AvgIpc) is 3.11. The van der Waals surface area contributed by atoms with Crippen molar-refractivity contribution in [2.75, 3.05) is 7.11 Å². The summed E-state index contributed by atoms with van der Waals surface area (Å²) < 4.78 is 27.1. The molecule has 0 saturated heterocycles. The van der Waals surface area contributed by atoms with Crippen molar-refractivity contribution in [3.8, 4) is 28.3 Å². The molecule has 0 atom stereocenters. The van der Waals surface area contributed by atoms with E-state index in [4.69, 9.17) is 9.47 Å². The third kappa shape index (κ3) is 4.05. The average molecular weight is 420 g/mol. The first kappa shape index (κ1) is 20.3. The van der Waals surface area contributed by atoms with Crippen molar-refractivity contribution >= 4 is 0 Å². The highest BCUT2D eigenvalue weighted by Gasteiger charge is 2.16. The first-order chi connectivity index (χ1) is 15.0. The third-order valence-corrected chi connectivity index (χ3v) is 5.00. The zero-order chi connectivity index (χ0) is 22.0. The van der Waals surface area contributed by atoms with Gasteiger partial charge in [-0.1, -0.05) is 24.3 Å². The van der Waals surface area contributed by atoms with Gasteiger partial charge in [0.15, 0.2) is 0 Å². The summed E-state index contributed by atoms with van der Waals surface area (Å²) in [5.41, 5.74) is 3.66. The molecule has 1 aromatic heterocycles. The topological polar surface area (TPSA) is 71.2 Å². The molecule has 8 heteroatoms. The van der Waals surface area contributed by atoms with Crippen LogP contribution in [0, 0.1) is 12.7 Å². The van der Waals surface area contributed by atoms with E-state index in [1.165, 1.54) is 23.9 Å². The number of rotatable bonds is 6. The van der Waals surface area contributed by atoms with Gasteiger partial charge >= 0.3 is 5.69 Å². The van der Waals surface area contributed by atoms with Gasteiger partial charge in [0.1, 0.15) is 23.9 Å². The van der Waals surface area contributed by atoms with Crippen LogP contribution in [-0.2, 0) is 13.7 Å². The number of methoxy groups -OCH3 is 1. The van der Waals surface area contributed by atoms with Crippen LogP contribution in [0.25, 0.3) is 16.8 Å². The van der Waals surface area contributed by atoms with Crippen molar-refractivity contribution in [1.29, 1.82) is 0 Å². The zero-order valence-corrected chi connectivity index (χ0v) is 17.4. The lowest BCUT2D eigenvalue weighted by Crippen LogP contribution is -2.23. The van der Waals surface area contributed by atoms with Crippen LogP contribution in [0.2, 0.25) is 0 Å². The van der Waals surface area contributed by atoms with Crippen LogP contribution in [0.1, 0.15) is 11.1 Å². The maximum atomic E-state index is 13.2. The molecule has 0 aliphatic rings. The van der Waals surface area contributed by atoms with E-state index in [9.17, 15) is 9.18 Å². The fourth-order valence-electron chi connectivity index (χ4n) is 3.34. The molecule has 0 bridgehead atoms. The summed E-state index contributed by atoms with van der Waals surface area (Å²) in [6.07, 6.45) is 0. The van der Waals surface area contributed by atoms with Crippen molar-refractivity contribution in [3.63, 3.8) is 0 Å². The second-order valence-electron chi connectivity index (χ2n) is 7.03. The van der Waals surface area contributed by atoms with Gasteiger partial charge in [0.25, 0.3) is 0 Å². The normalized spacial score (nSPS) is 10.8. The molecule has 0 fully saturated rings. The molecule has 4 aromatic rings. The fraction of sp³-hybridized carbons (Fsp3) is 0.174. The number of ether oxygens (including phenoxy) is 2. The maximum absolute atomic E-state index is 13.2. The molecule has 0 saturated carbocycles. The first-order valence-electron chi connectivity index (χ1n) is 9.62. The lowest BCUT2D eigenvalue weighted by Gasteiger charge is -2.15. The Bertz CT molecular complexity index is 1280. The number of hydrogen-bond donors (Lipinski definition) is 0. The highest BCUT2D eigenvalue weighted by molar-refractivity contribution is 5.65. The molecule has 1 heterocycles. The first-order valence-corrected chi connectivity index (χ1v) is 9.62. The van der Waals surface area contributed by atoms with E-state index < -0.39 is 0 Å². The maximum Gasteiger partial charge on any atom is 0.368 e. The zero-order valence-electron chi connectivity index (χ0n) is 17.4. The summed E-state index contributed by atoms with van der Waals surface area (Å²) in [6.45, 7) is 2.11. The molecule has 0 radical (unpaired) electrons. The molecular formula is C23H21FN4O3. The Labute approximate surface area is 178 Å². The molecule has 0 spiro atoms. The second kappa shape index (κ2) is 8.43. The van der Waals surface area contributed by atoms with Crippen LogP contribution in [0.5, 0.6) is 11.5 Å². The predicted molar refractivity (Wildman–Crippen MR) is 114 cm³/mol. The van der Waals surface area contributed by atoms with E-state index in [0.29, 0.717) is 22.7 Å². The Morgan fingerprint density at radius 2 is 1.71 bits per heavy atom. The van der Waals surface area contributed by atoms with Crippen LogP contribution < -0.4 is 15.2 Å². The van der Waals surface area contributed by atoms with Crippen molar-refractivity contribution in [2.45, 2.75) is 13.5 Å². The summed E-state index contributed by atoms with van der Waals surface area (Å²) in [4.78, 5) is 12.3. The summed E-state index contributed by atoms with van der Waals surface area (Å²) in [5, 5.41) is 7.70. The molecule has 31 heavy (non-hydrogen) atoms. The standard InChI is InChI=1S/C23H21FN4O3/c1-15-13-17(16-7-10-18(24)11-8-16)9-12-21(15)31-14-19-20(5-4-6-22(19)30-3)28-23(29)27(2)25-26-28/h4-13H,14H2,1-3H3. The van der Waals surface area contributed by atoms with Crippen molar-refractivity contribution in [3.05, 3.63) is 88.1 Å². The van der Waals surface area contributed by atoms with Crippen LogP contribution in [-0.4, -0.2) is 26.9 Å². The van der Waals surface area contributed by atoms with Gasteiger partial charge < -0.3 is 9.47 Å². The minimum atomic E-state index is -0.366. The molecule has 0 unspecified atom stereocenters. The van der Waals surface area contributed by atoms with E-state index in [1.54, 1.807) is 37.4 Å². The van der Waals surface area contributed by atoms with E-state index in [1.807, 2.05) is 25.1 Å². The third-order valence-electron chi connectivity index (χ3n) is 5.00. The molecule has 0 N–H and O–H groups in total. The number of tetrazole rings is 1. The van der Waals surface area contributed by atoms with E-state index in [2.05, 4.69) is 10.4 Å². The predicted octanol–water partition coefficient (Wildman–Crippen LogP) is 3.67. The monoisotopic (exact) mass is 420 g/mol. The fourth-order valence-corrected chi connectivity index (χ4v) is 3.34. The van der Waals surface area contributed by atoms with E-state index in [-0.39, 0.29) is 18.1 Å². The molecule has 3 aromatic carbocycles. The van der Waals surface area contributed by atoms with Crippen molar-refractivity contribution in [1.82, 2.24) is 19.8 Å². The van der Waals surface area contributed by atoms with Gasteiger partial charge in [0.05, 0.1) is 18.4 Å². The lowest BCUT2D eigenvalue weighted by molar-refractivity contribution is 0.294. The largest absolute Gasteiger partial charge is 0.496 e. The van der Waals surface area contributed by atoms with Gasteiger partial charge in [-0.3, -0.25) is 0 Å². The van der Waals surface area contributed by atoms with Crippen LogP contribution in [0.15, 0.2) is 65.5 Å². The number of halogens is 1. The van der Waals surface area contributed by atoms with Gasteiger partial charge in [0.2, 0.25) is 0 Å². The van der Waals surface area contributed by atoms with Crippen LogP contribution >= 0.6 is 0 Å². The van der Waals surface area contributed by atoms with Crippen LogP contribution in [0.3, 0.4) is 0 Å². The highest BCUT2D eigenvalue weighted by atomic mass is 19.1. The number of aryl methyl sites for hydroxylation is 2. The van der Waals surface area contributed by atoms with Gasteiger partial charge in [-0.15, -0.1) is 0 Å². The molecule has 0 aliphatic heterocycles. The molecule has 158 valence electrons. The van der Waals surface area contributed by atoms with E-state index >= 15 is 0 Å². The smallest absolute Gasteiger partial charge is 0.368 e. The molecule has 0 amide bonds. The second-order valence-corrected chi connectivity index (χ2v) is 7.03. The van der Waals surface area contributed by atoms with E-state index in [0.717, 1.165) is 21.4 Å². The van der Waals surface area contributed by atoms with Gasteiger partial charge in [0, 0.05) is 7.05 Å². The number of aromatic nitrogens is 4. The minimum Gasteiger partial charge on any atom is -0.496 e. The summed E-state index contributed by atoms with van der Waals surface area (Å²) >= 11 is 0. The minimum absolute atomic E-state index is 0.166. The van der Waals surface area contributed by atoms with Gasteiger partial charge in [-0.25, -0.2) is 9.18 Å². The Kier molecular flexibility index (Phi) is 5.53. The highest BCUT2D eigenvalue weighted by Crippen LogP contribution is 2.29. The Morgan fingerprint density at radius 3 is 2.35 bits per heavy atom. The van der Waals surface area contributed by atoms with Crippen molar-refractivity contribution in [2.24, 2.45) is 7.05 Å². The van der Waals surface area contributed by atoms with Crippen molar-refractivity contribution < 1.29 is 13.9 Å². The summed E-state index contributed by atoms with van der Waals surface area (Å²) in [7, 11) is 3.10. The number of hydrogen-bond acceptors (Lipinski definition) is 5. The number of benzene rings is 3. The lowest BCUT2D eigenvalue weighted by atomic mass is 10.0. The molecule has 4 rings (SSSR count). The Morgan fingerprint density at radius 1 is 0.968 bits per heavy atom. The SMILES string of the molecule is COc1cccc(-n2nnn(C)c2=O)c1COc1ccc(-c2ccc(F)cc2)cc1C. The summed E-state index contributed by atoms with van der Waals surface area (Å²) in [6, 6.07) is 17.5. The molecule has 7 nitrogen and oxygen atoms in total. The Hall–Kier alpha value is -3.94. The van der Waals surface area contributed by atoms with Gasteiger partial charge in [-0.2, -0.15) is 9.36 Å².